The first kappa shape index (κ1) is 21.8. The van der Waals surface area contributed by atoms with Crippen LogP contribution in [0.4, 0.5) is 24.5 Å². The van der Waals surface area contributed by atoms with Crippen molar-refractivity contribution in [3.8, 4) is 5.75 Å². The molecular formula is C14H11F3N2O7S. The summed E-state index contributed by atoms with van der Waals surface area (Å²) in [4.78, 5) is 19.2. The van der Waals surface area contributed by atoms with Gasteiger partial charge in [0.2, 0.25) is 5.75 Å². The fraction of sp³-hybridized carbons (Fsp3) is 0.143. The molecule has 2 rings (SSSR count). The Bertz CT molecular complexity index is 931. The summed E-state index contributed by atoms with van der Waals surface area (Å²) < 4.78 is 61.3. The van der Waals surface area contributed by atoms with Crippen LogP contribution >= 0.6 is 0 Å². The summed E-state index contributed by atoms with van der Waals surface area (Å²) in [5.41, 5.74) is -1.92. The van der Waals surface area contributed by atoms with E-state index in [1.54, 1.807) is 6.07 Å². The molecule has 0 heterocycles. The van der Waals surface area contributed by atoms with Crippen molar-refractivity contribution in [2.45, 2.75) is 6.18 Å². The van der Waals surface area contributed by atoms with Crippen LogP contribution in [-0.2, 0) is 16.3 Å². The topological polar surface area (TPSA) is 130 Å². The summed E-state index contributed by atoms with van der Waals surface area (Å²) in [6.07, 6.45) is -3.50. The summed E-state index contributed by atoms with van der Waals surface area (Å²) in [6, 6.07) is 8.76. The Morgan fingerprint density at radius 2 is 1.52 bits per heavy atom. The van der Waals surface area contributed by atoms with Gasteiger partial charge in [-0.15, -0.1) is 0 Å². The van der Waals surface area contributed by atoms with Crippen molar-refractivity contribution in [2.75, 3.05) is 6.26 Å². The number of non-ortho nitro benzene ring substituents is 1. The normalized spacial score (nSPS) is 11.1. The number of nitrogens with zero attached hydrogens (tertiary/aromatic N) is 2. The lowest BCUT2D eigenvalue weighted by atomic mass is 10.2. The average molecular weight is 408 g/mol. The van der Waals surface area contributed by atoms with Crippen molar-refractivity contribution in [1.29, 1.82) is 0 Å². The van der Waals surface area contributed by atoms with Crippen molar-refractivity contribution in [1.82, 2.24) is 0 Å². The highest BCUT2D eigenvalue weighted by molar-refractivity contribution is 7.86. The molecule has 9 nitrogen and oxygen atoms in total. The predicted octanol–water partition coefficient (Wildman–Crippen LogP) is 3.55. The number of halogens is 3. The number of hydrogen-bond acceptors (Lipinski definition) is 7. The highest BCUT2D eigenvalue weighted by Crippen LogP contribution is 2.31. The van der Waals surface area contributed by atoms with Gasteiger partial charge in [-0.1, -0.05) is 30.3 Å². The molecule has 0 aliphatic carbocycles. The van der Waals surface area contributed by atoms with Gasteiger partial charge in [0, 0.05) is 6.07 Å². The number of benzene rings is 2. The van der Waals surface area contributed by atoms with Crippen molar-refractivity contribution >= 4 is 21.5 Å². The summed E-state index contributed by atoms with van der Waals surface area (Å²) in [5.74, 6) is -0.567. The third-order valence-electron chi connectivity index (χ3n) is 2.69. The van der Waals surface area contributed by atoms with E-state index < -0.39 is 48.8 Å². The zero-order valence-electron chi connectivity index (χ0n) is 13.4. The van der Waals surface area contributed by atoms with Gasteiger partial charge in [0.05, 0.1) is 27.7 Å². The minimum absolute atomic E-state index is 0.530. The van der Waals surface area contributed by atoms with E-state index in [1.165, 1.54) is 12.1 Å². The second kappa shape index (κ2) is 8.44. The smallest absolute Gasteiger partial charge is 0.375 e. The van der Waals surface area contributed by atoms with Crippen LogP contribution in [0.3, 0.4) is 0 Å². The monoisotopic (exact) mass is 408 g/mol. The molecule has 0 atom stereocenters. The van der Waals surface area contributed by atoms with E-state index in [9.17, 15) is 41.8 Å². The lowest BCUT2D eigenvalue weighted by molar-refractivity contribution is -0.394. The number of nitro groups is 2. The van der Waals surface area contributed by atoms with Crippen molar-refractivity contribution in [3.05, 3.63) is 74.3 Å². The molecule has 0 spiro atoms. The van der Waals surface area contributed by atoms with Crippen molar-refractivity contribution in [2.24, 2.45) is 0 Å². The first-order chi connectivity index (χ1) is 12.3. The van der Waals surface area contributed by atoms with Gasteiger partial charge >= 0.3 is 22.0 Å². The molecule has 0 saturated heterocycles. The van der Waals surface area contributed by atoms with E-state index >= 15 is 0 Å². The zero-order chi connectivity index (χ0) is 20.8. The molecule has 0 unspecified atom stereocenters. The van der Waals surface area contributed by atoms with Gasteiger partial charge < -0.3 is 4.18 Å². The average Bonchev–Trinajstić information content (AvgIpc) is 2.54. The zero-order valence-corrected chi connectivity index (χ0v) is 14.2. The van der Waals surface area contributed by atoms with Crippen LogP contribution in [0.5, 0.6) is 5.75 Å². The van der Waals surface area contributed by atoms with E-state index in [2.05, 4.69) is 4.18 Å². The standard InChI is InChI=1S/C7H5F3.C7H6N2O7S/c8-7(9,10)6-4-2-1-3-5-6;1-17(14,15)16-7-3-2-5(8(10)11)4-6(7)9(12)13/h1-5H;2-4H,1H3. The Morgan fingerprint density at radius 1 is 0.963 bits per heavy atom. The minimum Gasteiger partial charge on any atom is -0.375 e. The van der Waals surface area contributed by atoms with Gasteiger partial charge in [-0.25, -0.2) is 0 Å². The Balaban J connectivity index is 0.000000309. The molecular weight excluding hydrogens is 397 g/mol. The number of rotatable bonds is 4. The molecule has 0 aromatic heterocycles. The van der Waals surface area contributed by atoms with Crippen LogP contribution in [0.2, 0.25) is 0 Å². The quantitative estimate of drug-likeness (QED) is 0.430. The van der Waals surface area contributed by atoms with E-state index in [0.29, 0.717) is 12.3 Å². The van der Waals surface area contributed by atoms with Gasteiger partial charge in [0.1, 0.15) is 0 Å². The molecule has 0 fully saturated rings. The molecule has 0 radical (unpaired) electrons. The fourth-order valence-corrected chi connectivity index (χ4v) is 2.09. The Morgan fingerprint density at radius 3 is 1.89 bits per heavy atom. The minimum atomic E-state index is -4.21. The molecule has 0 aliphatic heterocycles. The van der Waals surface area contributed by atoms with Gasteiger partial charge in [-0.2, -0.15) is 21.6 Å². The maximum absolute atomic E-state index is 11.8. The van der Waals surface area contributed by atoms with E-state index in [-0.39, 0.29) is 0 Å². The molecule has 2 aromatic carbocycles. The Hall–Kier alpha value is -3.22. The van der Waals surface area contributed by atoms with Gasteiger partial charge in [-0.05, 0) is 6.07 Å². The Labute approximate surface area is 150 Å². The highest BCUT2D eigenvalue weighted by atomic mass is 32.2. The largest absolute Gasteiger partial charge is 0.416 e. The van der Waals surface area contributed by atoms with Crippen molar-refractivity contribution in [3.63, 3.8) is 0 Å². The third-order valence-corrected chi connectivity index (χ3v) is 3.17. The molecule has 0 amide bonds. The van der Waals surface area contributed by atoms with E-state index in [4.69, 9.17) is 0 Å². The summed E-state index contributed by atoms with van der Waals surface area (Å²) in [5, 5.41) is 21.0. The summed E-state index contributed by atoms with van der Waals surface area (Å²) in [6.45, 7) is 0. The third kappa shape index (κ3) is 7.27. The SMILES string of the molecule is CS(=O)(=O)Oc1ccc([N+](=O)[O-])cc1[N+](=O)[O-].FC(F)(F)c1ccccc1. The first-order valence-electron chi connectivity index (χ1n) is 6.76. The molecule has 146 valence electrons. The number of nitro benzene ring substituents is 2. The van der Waals surface area contributed by atoms with Crippen LogP contribution in [0.25, 0.3) is 0 Å². The highest BCUT2D eigenvalue weighted by Gasteiger charge is 2.29. The van der Waals surface area contributed by atoms with Crippen LogP contribution < -0.4 is 4.18 Å². The predicted molar refractivity (Wildman–Crippen MR) is 86.7 cm³/mol. The second-order valence-corrected chi connectivity index (χ2v) is 6.39. The maximum atomic E-state index is 11.8. The first-order valence-corrected chi connectivity index (χ1v) is 8.57. The number of alkyl halides is 3. The lowest BCUT2D eigenvalue weighted by Gasteiger charge is -2.03. The summed E-state index contributed by atoms with van der Waals surface area (Å²) >= 11 is 0. The number of hydrogen-bond donors (Lipinski definition) is 0. The van der Waals surface area contributed by atoms with Crippen LogP contribution in [0, 0.1) is 20.2 Å². The van der Waals surface area contributed by atoms with Crippen LogP contribution in [0.1, 0.15) is 5.56 Å². The molecule has 27 heavy (non-hydrogen) atoms. The second-order valence-electron chi connectivity index (χ2n) is 4.82. The maximum Gasteiger partial charge on any atom is 0.416 e. The Kier molecular flexibility index (Phi) is 6.82. The lowest BCUT2D eigenvalue weighted by Crippen LogP contribution is -2.07. The van der Waals surface area contributed by atoms with Gasteiger partial charge in [0.25, 0.3) is 5.69 Å². The summed E-state index contributed by atoms with van der Waals surface area (Å²) in [7, 11) is -3.94. The molecule has 0 bridgehead atoms. The van der Waals surface area contributed by atoms with Gasteiger partial charge in [0.15, 0.2) is 0 Å². The molecule has 2 aromatic rings. The van der Waals surface area contributed by atoms with Gasteiger partial charge in [-0.3, -0.25) is 20.2 Å². The molecule has 0 N–H and O–H groups in total. The van der Waals surface area contributed by atoms with Crippen LogP contribution in [-0.4, -0.2) is 24.5 Å². The molecule has 0 saturated carbocycles. The van der Waals surface area contributed by atoms with Crippen molar-refractivity contribution < 1.29 is 35.6 Å². The molecule has 0 aliphatic rings. The van der Waals surface area contributed by atoms with E-state index in [0.717, 1.165) is 24.3 Å². The van der Waals surface area contributed by atoms with E-state index in [1.807, 2.05) is 0 Å². The molecule has 13 heteroatoms. The van der Waals surface area contributed by atoms with Crippen LogP contribution in [0.15, 0.2) is 48.5 Å². The fourth-order valence-electron chi connectivity index (χ4n) is 1.62.